The minimum Gasteiger partial charge on any atom is -0.468 e. The number of carbonyl (C=O) groups is 2. The number of ether oxygens (including phenoxy) is 1. The quantitative estimate of drug-likeness (QED) is 0.0889. The van der Waals surface area contributed by atoms with E-state index in [4.69, 9.17) is 15.0 Å². The maximum absolute atomic E-state index is 13.8. The minimum absolute atomic E-state index is 0.0644. The predicted octanol–water partition coefficient (Wildman–Crippen LogP) is 8.25. The monoisotopic (exact) mass is 732 g/mol. The summed E-state index contributed by atoms with van der Waals surface area (Å²) in [5, 5.41) is 15.6. The lowest BCUT2D eigenvalue weighted by molar-refractivity contribution is -0.157. The van der Waals surface area contributed by atoms with Gasteiger partial charge in [0.25, 0.3) is 0 Å². The van der Waals surface area contributed by atoms with Crippen LogP contribution in [0.4, 0.5) is 0 Å². The molecule has 1 N–H and O–H groups in total. The van der Waals surface area contributed by atoms with Gasteiger partial charge < -0.3 is 4.74 Å². The van der Waals surface area contributed by atoms with Crippen molar-refractivity contribution in [2.75, 3.05) is 13.7 Å². The number of benzene rings is 5. The normalized spacial score (nSPS) is 16.4. The van der Waals surface area contributed by atoms with Gasteiger partial charge in [-0.3, -0.25) is 10.2 Å². The Bertz CT molecular complexity index is 2090. The van der Waals surface area contributed by atoms with Gasteiger partial charge >= 0.3 is 5.97 Å². The topological polar surface area (TPSA) is 102 Å². The van der Waals surface area contributed by atoms with Crippen LogP contribution in [-0.2, 0) is 26.3 Å². The summed E-state index contributed by atoms with van der Waals surface area (Å²) in [5.74, 6) is 0.0247. The molecule has 5 aromatic carbocycles. The van der Waals surface area contributed by atoms with E-state index in [9.17, 15) is 9.59 Å². The van der Waals surface area contributed by atoms with Gasteiger partial charge in [-0.25, -0.2) is 14.5 Å². The SMILES string of the molecule is CCCC(Cc1ccc(-c2ccccc2-c2nnnn2C(c2ccccc2)(c2ccccc2)c2ccccc2)cc1)C(=O)NN1CCCC1(CC)C(=O)OC. The molecule has 1 fully saturated rings. The Labute approximate surface area is 323 Å². The number of amides is 1. The molecule has 280 valence electrons. The molecular weight excluding hydrogens is 685 g/mol. The number of hydrogen-bond donors (Lipinski definition) is 1. The van der Waals surface area contributed by atoms with Crippen LogP contribution in [0.15, 0.2) is 140 Å². The lowest BCUT2D eigenvalue weighted by Crippen LogP contribution is -2.59. The number of tetrazole rings is 1. The van der Waals surface area contributed by atoms with E-state index < -0.39 is 11.1 Å². The Kier molecular flexibility index (Phi) is 11.3. The van der Waals surface area contributed by atoms with Crippen molar-refractivity contribution in [2.45, 2.75) is 63.5 Å². The molecule has 9 heteroatoms. The first-order valence-corrected chi connectivity index (χ1v) is 19.3. The molecule has 1 aliphatic heterocycles. The summed E-state index contributed by atoms with van der Waals surface area (Å²) in [6.45, 7) is 4.68. The molecular formula is C46H48N6O3. The fraction of sp³-hybridized carbons (Fsp3) is 0.283. The summed E-state index contributed by atoms with van der Waals surface area (Å²) in [5.41, 5.74) is 8.48. The third kappa shape index (κ3) is 7.08. The maximum atomic E-state index is 13.8. The number of esters is 1. The van der Waals surface area contributed by atoms with Gasteiger partial charge in [-0.15, -0.1) is 5.10 Å². The van der Waals surface area contributed by atoms with Crippen LogP contribution in [0.5, 0.6) is 0 Å². The molecule has 55 heavy (non-hydrogen) atoms. The first-order valence-electron chi connectivity index (χ1n) is 19.3. The molecule has 1 saturated heterocycles. The molecule has 7 rings (SSSR count). The van der Waals surface area contributed by atoms with Crippen LogP contribution in [0.25, 0.3) is 22.5 Å². The third-order valence-electron chi connectivity index (χ3n) is 11.2. The number of carbonyl (C=O) groups excluding carboxylic acids is 2. The van der Waals surface area contributed by atoms with Gasteiger partial charge in [0, 0.05) is 18.0 Å². The van der Waals surface area contributed by atoms with Crippen molar-refractivity contribution >= 4 is 11.9 Å². The minimum atomic E-state index is -0.878. The second-order valence-electron chi connectivity index (χ2n) is 14.3. The van der Waals surface area contributed by atoms with Crippen LogP contribution in [0.1, 0.15) is 68.2 Å². The standard InChI is InChI=1S/C46H48N6O3/c1-4-18-36(43(53)48-51-32-17-31-45(51,5-2)44(54)55-3)33-34-27-29-35(30-28-34)40-25-15-16-26-41(40)42-47-49-50-52(42)46(37-19-9-6-10-20-37,38-21-11-7-12-22-38)39-23-13-8-14-24-39/h6-16,19-30,36H,4-5,17-18,31-33H2,1-3H3,(H,48,53). The van der Waals surface area contributed by atoms with Gasteiger partial charge in [0.05, 0.1) is 7.11 Å². The van der Waals surface area contributed by atoms with E-state index >= 15 is 0 Å². The second kappa shape index (κ2) is 16.6. The van der Waals surface area contributed by atoms with Gasteiger partial charge in [0.2, 0.25) is 5.91 Å². The van der Waals surface area contributed by atoms with E-state index in [0.29, 0.717) is 31.6 Å². The van der Waals surface area contributed by atoms with Gasteiger partial charge in [0.15, 0.2) is 5.82 Å². The van der Waals surface area contributed by atoms with E-state index in [0.717, 1.165) is 58.2 Å². The molecule has 2 atom stereocenters. The molecule has 0 aliphatic carbocycles. The third-order valence-corrected chi connectivity index (χ3v) is 11.2. The summed E-state index contributed by atoms with van der Waals surface area (Å²) < 4.78 is 7.12. The molecule has 9 nitrogen and oxygen atoms in total. The van der Waals surface area contributed by atoms with E-state index in [1.54, 1.807) is 0 Å². The van der Waals surface area contributed by atoms with Gasteiger partial charge in [-0.1, -0.05) is 160 Å². The van der Waals surface area contributed by atoms with E-state index in [1.165, 1.54) is 7.11 Å². The molecule has 2 heterocycles. The fourth-order valence-electron chi connectivity index (χ4n) is 8.37. The highest BCUT2D eigenvalue weighted by Crippen LogP contribution is 2.43. The molecule has 2 unspecified atom stereocenters. The predicted molar refractivity (Wildman–Crippen MR) is 215 cm³/mol. The van der Waals surface area contributed by atoms with Gasteiger partial charge in [-0.2, -0.15) is 0 Å². The summed E-state index contributed by atoms with van der Waals surface area (Å²) in [7, 11) is 1.41. The van der Waals surface area contributed by atoms with Crippen molar-refractivity contribution in [1.29, 1.82) is 0 Å². The van der Waals surface area contributed by atoms with Crippen molar-refractivity contribution in [3.63, 3.8) is 0 Å². The van der Waals surface area contributed by atoms with Crippen LogP contribution < -0.4 is 5.43 Å². The number of methoxy groups -OCH3 is 1. The van der Waals surface area contributed by atoms with Crippen LogP contribution in [0.2, 0.25) is 0 Å². The first-order chi connectivity index (χ1) is 27.0. The molecule has 1 aromatic heterocycles. The molecule has 0 saturated carbocycles. The first kappa shape index (κ1) is 37.4. The summed E-state index contributed by atoms with van der Waals surface area (Å²) >= 11 is 0. The van der Waals surface area contributed by atoms with Crippen LogP contribution >= 0.6 is 0 Å². The van der Waals surface area contributed by atoms with Crippen LogP contribution in [0, 0.1) is 5.92 Å². The van der Waals surface area contributed by atoms with Crippen molar-refractivity contribution < 1.29 is 14.3 Å². The average Bonchev–Trinajstić information content (AvgIpc) is 3.90. The number of hydrogen-bond acceptors (Lipinski definition) is 7. The zero-order valence-electron chi connectivity index (χ0n) is 31.8. The van der Waals surface area contributed by atoms with Crippen molar-refractivity contribution in [1.82, 2.24) is 30.6 Å². The number of aromatic nitrogens is 4. The Morgan fingerprint density at radius 3 is 1.89 bits per heavy atom. The van der Waals surface area contributed by atoms with Crippen molar-refractivity contribution in [3.05, 3.63) is 162 Å². The van der Waals surface area contributed by atoms with Crippen LogP contribution in [0.3, 0.4) is 0 Å². The molecule has 0 bridgehead atoms. The number of nitrogens with zero attached hydrogens (tertiary/aromatic N) is 5. The van der Waals surface area contributed by atoms with Crippen molar-refractivity contribution in [3.8, 4) is 22.5 Å². The van der Waals surface area contributed by atoms with E-state index in [-0.39, 0.29) is 17.8 Å². The summed E-state index contributed by atoms with van der Waals surface area (Å²) in [6.07, 6.45) is 4.23. The highest BCUT2D eigenvalue weighted by molar-refractivity contribution is 5.84. The zero-order valence-corrected chi connectivity index (χ0v) is 31.8. The molecule has 0 radical (unpaired) electrons. The second-order valence-corrected chi connectivity index (χ2v) is 14.3. The van der Waals surface area contributed by atoms with Gasteiger partial charge in [-0.05, 0) is 75.9 Å². The Balaban J connectivity index is 1.22. The largest absolute Gasteiger partial charge is 0.468 e. The van der Waals surface area contributed by atoms with Crippen LogP contribution in [-0.4, -0.2) is 56.3 Å². The highest BCUT2D eigenvalue weighted by atomic mass is 16.5. The molecule has 1 amide bonds. The smallest absolute Gasteiger partial charge is 0.328 e. The maximum Gasteiger partial charge on any atom is 0.328 e. The van der Waals surface area contributed by atoms with Gasteiger partial charge in [0.1, 0.15) is 11.1 Å². The zero-order chi connectivity index (χ0) is 38.3. The Morgan fingerprint density at radius 2 is 1.35 bits per heavy atom. The molecule has 6 aromatic rings. The summed E-state index contributed by atoms with van der Waals surface area (Å²) in [6, 6.07) is 47.8. The lowest BCUT2D eigenvalue weighted by Gasteiger charge is -2.36. The number of nitrogens with one attached hydrogen (secondary N) is 1. The number of rotatable bonds is 14. The van der Waals surface area contributed by atoms with E-state index in [1.807, 2.05) is 46.9 Å². The Morgan fingerprint density at radius 1 is 0.782 bits per heavy atom. The highest BCUT2D eigenvalue weighted by Gasteiger charge is 2.48. The number of hydrazine groups is 1. The molecule has 0 spiro atoms. The Hall–Kier alpha value is -5.93. The van der Waals surface area contributed by atoms with E-state index in [2.05, 4.69) is 127 Å². The average molecular weight is 733 g/mol. The summed E-state index contributed by atoms with van der Waals surface area (Å²) in [4.78, 5) is 26.6. The lowest BCUT2D eigenvalue weighted by atomic mass is 9.77. The molecule has 1 aliphatic rings. The van der Waals surface area contributed by atoms with Crippen molar-refractivity contribution in [2.24, 2.45) is 5.92 Å². The fourth-order valence-corrected chi connectivity index (χ4v) is 8.37.